The molecule has 1 amide bonds. The number of nitrogens with one attached hydrogen (secondary N) is 3. The molecule has 0 aliphatic carbocycles. The van der Waals surface area contributed by atoms with Crippen molar-refractivity contribution in [3.05, 3.63) is 28.8 Å². The van der Waals surface area contributed by atoms with Crippen LogP contribution in [0.2, 0.25) is 5.02 Å². The number of aliphatic imine (C=N–C) groups is 1. The van der Waals surface area contributed by atoms with E-state index in [4.69, 9.17) is 21.1 Å². The molecule has 1 saturated heterocycles. The number of hydrogen-bond donors (Lipinski definition) is 3. The fourth-order valence-electron chi connectivity index (χ4n) is 3.09. The summed E-state index contributed by atoms with van der Waals surface area (Å²) >= 11 is 6.16. The maximum Gasteiger partial charge on any atom is 0.226 e. The lowest BCUT2D eigenvalue weighted by Gasteiger charge is -2.21. The molecule has 31 heavy (non-hydrogen) atoms. The highest BCUT2D eigenvalue weighted by molar-refractivity contribution is 14.0. The quantitative estimate of drug-likeness (QED) is 0.163. The summed E-state index contributed by atoms with van der Waals surface area (Å²) in [6.45, 7) is 9.12. The van der Waals surface area contributed by atoms with Crippen molar-refractivity contribution >= 4 is 53.1 Å². The van der Waals surface area contributed by atoms with Gasteiger partial charge in [-0.1, -0.05) is 17.7 Å². The SMILES string of the molecule is CCNC(=NCCCOCC1CCOCC1)NCCC(=O)Nc1ccc(C)cc1Cl.I. The predicted molar refractivity (Wildman–Crippen MR) is 138 cm³/mol. The summed E-state index contributed by atoms with van der Waals surface area (Å²) in [4.78, 5) is 16.7. The average molecular weight is 567 g/mol. The zero-order chi connectivity index (χ0) is 21.6. The Kier molecular flexibility index (Phi) is 14.9. The normalized spacial score (nSPS) is 14.6. The van der Waals surface area contributed by atoms with Gasteiger partial charge in [-0.15, -0.1) is 24.0 Å². The molecule has 0 atom stereocenters. The highest BCUT2D eigenvalue weighted by atomic mass is 127. The van der Waals surface area contributed by atoms with E-state index in [1.807, 2.05) is 32.0 Å². The van der Waals surface area contributed by atoms with Crippen molar-refractivity contribution in [2.75, 3.05) is 51.4 Å². The molecule has 1 aliphatic heterocycles. The van der Waals surface area contributed by atoms with E-state index in [0.29, 0.717) is 48.7 Å². The summed E-state index contributed by atoms with van der Waals surface area (Å²) in [5, 5.41) is 9.78. The van der Waals surface area contributed by atoms with Crippen LogP contribution in [0.5, 0.6) is 0 Å². The minimum absolute atomic E-state index is 0. The van der Waals surface area contributed by atoms with Gasteiger partial charge in [0, 0.05) is 52.5 Å². The number of aryl methyl sites for hydroxylation is 1. The van der Waals surface area contributed by atoms with Gasteiger partial charge in [0.2, 0.25) is 5.91 Å². The van der Waals surface area contributed by atoms with Crippen LogP contribution in [-0.4, -0.2) is 57.9 Å². The van der Waals surface area contributed by atoms with E-state index in [-0.39, 0.29) is 29.9 Å². The molecule has 9 heteroatoms. The molecule has 176 valence electrons. The highest BCUT2D eigenvalue weighted by Gasteiger charge is 2.13. The molecule has 0 unspecified atom stereocenters. The standard InChI is InChI=1S/C22H35ClN4O3.HI/c1-3-24-22(25-10-4-12-30-16-18-8-13-29-14-9-18)26-11-7-21(28)27-20-6-5-17(2)15-19(20)23;/h5-6,15,18H,3-4,7-14,16H2,1-2H3,(H,27,28)(H2,24,25,26);1H. The van der Waals surface area contributed by atoms with Gasteiger partial charge in [-0.25, -0.2) is 0 Å². The van der Waals surface area contributed by atoms with Gasteiger partial charge in [0.25, 0.3) is 0 Å². The Morgan fingerprint density at radius 1 is 1.29 bits per heavy atom. The Balaban J connectivity index is 0.00000480. The van der Waals surface area contributed by atoms with Crippen molar-refractivity contribution < 1.29 is 14.3 Å². The molecular formula is C22H36ClIN4O3. The highest BCUT2D eigenvalue weighted by Crippen LogP contribution is 2.22. The summed E-state index contributed by atoms with van der Waals surface area (Å²) in [5.41, 5.74) is 1.69. The Bertz CT molecular complexity index is 685. The number of carbonyl (C=O) groups is 1. The molecule has 0 saturated carbocycles. The minimum Gasteiger partial charge on any atom is -0.381 e. The number of carbonyl (C=O) groups excluding carboxylic acids is 1. The molecule has 0 radical (unpaired) electrons. The van der Waals surface area contributed by atoms with Gasteiger partial charge >= 0.3 is 0 Å². The number of anilines is 1. The number of halogens is 2. The third kappa shape index (κ3) is 11.9. The maximum absolute atomic E-state index is 12.2. The first-order chi connectivity index (χ1) is 14.6. The van der Waals surface area contributed by atoms with E-state index in [9.17, 15) is 4.79 Å². The van der Waals surface area contributed by atoms with Crippen LogP contribution < -0.4 is 16.0 Å². The molecule has 7 nitrogen and oxygen atoms in total. The Labute approximate surface area is 208 Å². The van der Waals surface area contributed by atoms with Crippen LogP contribution in [0.25, 0.3) is 0 Å². The molecule has 2 rings (SSSR count). The minimum atomic E-state index is -0.0920. The lowest BCUT2D eigenvalue weighted by Crippen LogP contribution is -2.38. The lowest BCUT2D eigenvalue weighted by atomic mass is 10.0. The van der Waals surface area contributed by atoms with Crippen LogP contribution in [0.1, 0.15) is 38.2 Å². The largest absolute Gasteiger partial charge is 0.381 e. The molecule has 0 aromatic heterocycles. The Morgan fingerprint density at radius 3 is 2.77 bits per heavy atom. The van der Waals surface area contributed by atoms with Gasteiger partial charge < -0.3 is 25.4 Å². The van der Waals surface area contributed by atoms with Crippen molar-refractivity contribution in [2.24, 2.45) is 10.9 Å². The summed E-state index contributed by atoms with van der Waals surface area (Å²) in [7, 11) is 0. The number of hydrogen-bond acceptors (Lipinski definition) is 4. The molecule has 0 bridgehead atoms. The molecule has 1 aromatic carbocycles. The number of nitrogens with zero attached hydrogens (tertiary/aromatic N) is 1. The van der Waals surface area contributed by atoms with Gasteiger partial charge in [0.1, 0.15) is 0 Å². The summed E-state index contributed by atoms with van der Waals surface area (Å²) in [6, 6.07) is 5.57. The number of rotatable bonds is 11. The van der Waals surface area contributed by atoms with Crippen LogP contribution in [0.4, 0.5) is 5.69 Å². The van der Waals surface area contributed by atoms with E-state index in [1.165, 1.54) is 0 Å². The zero-order valence-electron chi connectivity index (χ0n) is 18.5. The third-order valence-corrected chi connectivity index (χ3v) is 5.11. The monoisotopic (exact) mass is 566 g/mol. The second-order valence-electron chi connectivity index (χ2n) is 7.45. The molecular weight excluding hydrogens is 531 g/mol. The molecule has 1 heterocycles. The second-order valence-corrected chi connectivity index (χ2v) is 7.86. The van der Waals surface area contributed by atoms with Gasteiger partial charge in [0.15, 0.2) is 5.96 Å². The topological polar surface area (TPSA) is 84.0 Å². The fourth-order valence-corrected chi connectivity index (χ4v) is 3.37. The van der Waals surface area contributed by atoms with Crippen molar-refractivity contribution in [3.8, 4) is 0 Å². The summed E-state index contributed by atoms with van der Waals surface area (Å²) < 4.78 is 11.1. The molecule has 1 aliphatic rings. The molecule has 1 aromatic rings. The van der Waals surface area contributed by atoms with Crippen LogP contribution in [-0.2, 0) is 14.3 Å². The first kappa shape index (κ1) is 27.9. The Hall–Kier alpha value is -1.10. The van der Waals surface area contributed by atoms with Crippen molar-refractivity contribution in [3.63, 3.8) is 0 Å². The third-order valence-electron chi connectivity index (χ3n) is 4.80. The lowest BCUT2D eigenvalue weighted by molar-refractivity contribution is -0.116. The van der Waals surface area contributed by atoms with Crippen LogP contribution in [0, 0.1) is 12.8 Å². The molecule has 1 fully saturated rings. The average Bonchev–Trinajstić information content (AvgIpc) is 2.73. The molecule has 3 N–H and O–H groups in total. The molecule has 0 spiro atoms. The zero-order valence-corrected chi connectivity index (χ0v) is 21.6. The van der Waals surface area contributed by atoms with E-state index >= 15 is 0 Å². The van der Waals surface area contributed by atoms with Gasteiger partial charge in [-0.05, 0) is 56.7 Å². The Morgan fingerprint density at radius 2 is 2.06 bits per heavy atom. The smallest absolute Gasteiger partial charge is 0.226 e. The van der Waals surface area contributed by atoms with Crippen LogP contribution in [0.3, 0.4) is 0 Å². The van der Waals surface area contributed by atoms with Gasteiger partial charge in [-0.3, -0.25) is 9.79 Å². The summed E-state index contributed by atoms with van der Waals surface area (Å²) in [5.74, 6) is 1.25. The van der Waals surface area contributed by atoms with Crippen molar-refractivity contribution in [1.29, 1.82) is 0 Å². The first-order valence-electron chi connectivity index (χ1n) is 10.8. The fraction of sp³-hybridized carbons (Fsp3) is 0.636. The van der Waals surface area contributed by atoms with Crippen LogP contribution in [0.15, 0.2) is 23.2 Å². The summed E-state index contributed by atoms with van der Waals surface area (Å²) in [6.07, 6.45) is 3.38. The van der Waals surface area contributed by atoms with Gasteiger partial charge in [-0.2, -0.15) is 0 Å². The van der Waals surface area contributed by atoms with E-state index < -0.39 is 0 Å². The predicted octanol–water partition coefficient (Wildman–Crippen LogP) is 3.98. The van der Waals surface area contributed by atoms with Crippen LogP contribution >= 0.6 is 35.6 Å². The first-order valence-corrected chi connectivity index (χ1v) is 11.2. The van der Waals surface area contributed by atoms with E-state index in [2.05, 4.69) is 20.9 Å². The van der Waals surface area contributed by atoms with E-state index in [0.717, 1.165) is 51.2 Å². The second kappa shape index (κ2) is 16.5. The van der Waals surface area contributed by atoms with Crippen molar-refractivity contribution in [1.82, 2.24) is 10.6 Å². The number of guanidine groups is 1. The number of amides is 1. The van der Waals surface area contributed by atoms with Crippen molar-refractivity contribution in [2.45, 2.75) is 39.5 Å². The number of ether oxygens (including phenoxy) is 2. The number of benzene rings is 1. The maximum atomic E-state index is 12.2. The van der Waals surface area contributed by atoms with E-state index in [1.54, 1.807) is 0 Å². The van der Waals surface area contributed by atoms with Gasteiger partial charge in [0.05, 0.1) is 10.7 Å².